The molecule has 0 aliphatic carbocycles. The van der Waals surface area contributed by atoms with E-state index in [0.717, 1.165) is 44.2 Å². The summed E-state index contributed by atoms with van der Waals surface area (Å²) in [6, 6.07) is 12.1. The van der Waals surface area contributed by atoms with E-state index < -0.39 is 10.0 Å². The molecule has 0 radical (unpaired) electrons. The third-order valence-electron chi connectivity index (χ3n) is 5.68. The number of hydrogen-bond donors (Lipinski definition) is 1. The standard InChI is InChI=1S/C24H30ClN3O4S/c1-18-12-13-19(25)17-22(18)28(33(2,31)32)16-8-11-23(29)26-21-10-5-4-9-20(21)24(30)27-14-6-3-7-15-27/h4-5,9-10,12-13,17H,3,6-8,11,14-16H2,1-2H3,(H,26,29). The molecular formula is C24H30ClN3O4S. The number of nitrogens with one attached hydrogen (secondary N) is 1. The molecule has 9 heteroatoms. The summed E-state index contributed by atoms with van der Waals surface area (Å²) in [6.45, 7) is 3.41. The Bertz CT molecular complexity index is 1110. The van der Waals surface area contributed by atoms with E-state index in [1.165, 1.54) is 4.31 Å². The van der Waals surface area contributed by atoms with Crippen molar-refractivity contribution in [3.63, 3.8) is 0 Å². The highest BCUT2D eigenvalue weighted by atomic mass is 35.5. The van der Waals surface area contributed by atoms with Gasteiger partial charge in [-0.1, -0.05) is 29.8 Å². The minimum absolute atomic E-state index is 0.0784. The fourth-order valence-electron chi connectivity index (χ4n) is 3.96. The fraction of sp³-hybridized carbons (Fsp3) is 0.417. The SMILES string of the molecule is Cc1ccc(Cl)cc1N(CCCC(=O)Nc1ccccc1C(=O)N1CCCCC1)S(C)(=O)=O. The van der Waals surface area contributed by atoms with Gasteiger partial charge in [0.2, 0.25) is 15.9 Å². The zero-order valence-electron chi connectivity index (χ0n) is 19.0. The summed E-state index contributed by atoms with van der Waals surface area (Å²) in [5, 5.41) is 3.27. The van der Waals surface area contributed by atoms with Crippen LogP contribution in [-0.2, 0) is 14.8 Å². The lowest BCUT2D eigenvalue weighted by molar-refractivity contribution is -0.116. The molecular weight excluding hydrogens is 462 g/mol. The topological polar surface area (TPSA) is 86.8 Å². The van der Waals surface area contributed by atoms with Crippen molar-refractivity contribution >= 4 is 44.8 Å². The predicted octanol–water partition coefficient (Wildman–Crippen LogP) is 4.46. The number of nitrogens with zero attached hydrogens (tertiary/aromatic N) is 2. The largest absolute Gasteiger partial charge is 0.339 e. The van der Waals surface area contributed by atoms with Crippen LogP contribution in [0.15, 0.2) is 42.5 Å². The van der Waals surface area contributed by atoms with E-state index in [4.69, 9.17) is 11.6 Å². The molecule has 2 aromatic rings. The molecule has 3 rings (SSSR count). The number of anilines is 2. The maximum absolute atomic E-state index is 12.9. The maximum Gasteiger partial charge on any atom is 0.255 e. The predicted molar refractivity (Wildman–Crippen MR) is 132 cm³/mol. The number of rotatable bonds is 8. The lowest BCUT2D eigenvalue weighted by Gasteiger charge is -2.27. The van der Waals surface area contributed by atoms with Gasteiger partial charge in [0.05, 0.1) is 23.2 Å². The smallest absolute Gasteiger partial charge is 0.255 e. The molecule has 1 N–H and O–H groups in total. The lowest BCUT2D eigenvalue weighted by atomic mass is 10.1. The number of amides is 2. The molecule has 0 bridgehead atoms. The van der Waals surface area contributed by atoms with Crippen LogP contribution in [-0.4, -0.2) is 51.0 Å². The van der Waals surface area contributed by atoms with Gasteiger partial charge in [0.1, 0.15) is 0 Å². The van der Waals surface area contributed by atoms with Gasteiger partial charge in [0.25, 0.3) is 5.91 Å². The first-order chi connectivity index (χ1) is 15.7. The van der Waals surface area contributed by atoms with Crippen molar-refractivity contribution in [2.75, 3.05) is 35.5 Å². The van der Waals surface area contributed by atoms with E-state index in [1.54, 1.807) is 42.5 Å². The number of likely N-dealkylation sites (tertiary alicyclic amines) is 1. The maximum atomic E-state index is 12.9. The van der Waals surface area contributed by atoms with Gasteiger partial charge < -0.3 is 10.2 Å². The highest BCUT2D eigenvalue weighted by Gasteiger charge is 2.22. The Balaban J connectivity index is 1.64. The van der Waals surface area contributed by atoms with Crippen LogP contribution in [0.3, 0.4) is 0 Å². The monoisotopic (exact) mass is 491 g/mol. The highest BCUT2D eigenvalue weighted by Crippen LogP contribution is 2.27. The fourth-order valence-corrected chi connectivity index (χ4v) is 5.14. The van der Waals surface area contributed by atoms with Crippen molar-refractivity contribution in [3.05, 3.63) is 58.6 Å². The third-order valence-corrected chi connectivity index (χ3v) is 7.10. The third kappa shape index (κ3) is 6.71. The highest BCUT2D eigenvalue weighted by molar-refractivity contribution is 7.92. The molecule has 0 aromatic heterocycles. The number of halogens is 1. The summed E-state index contributed by atoms with van der Waals surface area (Å²) in [5.41, 5.74) is 2.23. The van der Waals surface area contributed by atoms with E-state index in [2.05, 4.69) is 5.32 Å². The molecule has 1 aliphatic heterocycles. The van der Waals surface area contributed by atoms with Gasteiger partial charge in [-0.25, -0.2) is 8.42 Å². The van der Waals surface area contributed by atoms with Gasteiger partial charge in [0, 0.05) is 31.1 Å². The second-order valence-corrected chi connectivity index (χ2v) is 10.7. The van der Waals surface area contributed by atoms with Crippen molar-refractivity contribution in [2.24, 2.45) is 0 Å². The first kappa shape index (κ1) is 25.1. The van der Waals surface area contributed by atoms with E-state index in [0.29, 0.717) is 28.4 Å². The average Bonchev–Trinajstić information content (AvgIpc) is 2.78. The van der Waals surface area contributed by atoms with Gasteiger partial charge in [-0.15, -0.1) is 0 Å². The minimum atomic E-state index is -3.55. The number of carbonyl (C=O) groups is 2. The van der Waals surface area contributed by atoms with Crippen molar-refractivity contribution in [1.82, 2.24) is 4.90 Å². The van der Waals surface area contributed by atoms with E-state index in [9.17, 15) is 18.0 Å². The zero-order chi connectivity index (χ0) is 24.0. The summed E-state index contributed by atoms with van der Waals surface area (Å²) in [4.78, 5) is 27.4. The van der Waals surface area contributed by atoms with Gasteiger partial charge in [0.15, 0.2) is 0 Å². The Kier molecular flexibility index (Phi) is 8.37. The summed E-state index contributed by atoms with van der Waals surface area (Å²) >= 11 is 6.07. The van der Waals surface area contributed by atoms with Crippen molar-refractivity contribution < 1.29 is 18.0 Å². The second kappa shape index (κ2) is 11.0. The van der Waals surface area contributed by atoms with Crippen LogP contribution in [0.2, 0.25) is 5.02 Å². The average molecular weight is 492 g/mol. The van der Waals surface area contributed by atoms with Crippen LogP contribution in [0.25, 0.3) is 0 Å². The number of carbonyl (C=O) groups excluding carboxylic acids is 2. The molecule has 0 unspecified atom stereocenters. The van der Waals surface area contributed by atoms with Crippen LogP contribution >= 0.6 is 11.6 Å². The summed E-state index contributed by atoms with van der Waals surface area (Å²) in [6.07, 6.45) is 4.66. The summed E-state index contributed by atoms with van der Waals surface area (Å²) < 4.78 is 26.0. The van der Waals surface area contributed by atoms with Crippen LogP contribution in [0.4, 0.5) is 11.4 Å². The molecule has 33 heavy (non-hydrogen) atoms. The molecule has 0 saturated carbocycles. The molecule has 2 amide bonds. The lowest BCUT2D eigenvalue weighted by Crippen LogP contribution is -2.36. The van der Waals surface area contributed by atoms with Crippen LogP contribution < -0.4 is 9.62 Å². The van der Waals surface area contributed by atoms with Crippen molar-refractivity contribution in [2.45, 2.75) is 39.0 Å². The molecule has 1 fully saturated rings. The number of para-hydroxylation sites is 1. The van der Waals surface area contributed by atoms with Gasteiger partial charge in [-0.2, -0.15) is 0 Å². The van der Waals surface area contributed by atoms with E-state index in [-0.39, 0.29) is 24.8 Å². The van der Waals surface area contributed by atoms with Gasteiger partial charge in [-0.3, -0.25) is 13.9 Å². The normalized spacial score (nSPS) is 14.1. The van der Waals surface area contributed by atoms with Crippen LogP contribution in [0, 0.1) is 6.92 Å². The molecule has 1 heterocycles. The Morgan fingerprint density at radius 3 is 2.48 bits per heavy atom. The minimum Gasteiger partial charge on any atom is -0.339 e. The van der Waals surface area contributed by atoms with Gasteiger partial charge in [-0.05, 0) is 62.4 Å². The van der Waals surface area contributed by atoms with E-state index in [1.807, 2.05) is 11.8 Å². The van der Waals surface area contributed by atoms with Crippen molar-refractivity contribution in [1.29, 1.82) is 0 Å². The summed E-state index contributed by atoms with van der Waals surface area (Å²) in [7, 11) is -3.55. The Morgan fingerprint density at radius 2 is 1.79 bits per heavy atom. The van der Waals surface area contributed by atoms with Crippen molar-refractivity contribution in [3.8, 4) is 0 Å². The number of aryl methyl sites for hydroxylation is 1. The molecule has 0 atom stereocenters. The Morgan fingerprint density at radius 1 is 1.09 bits per heavy atom. The molecule has 2 aromatic carbocycles. The van der Waals surface area contributed by atoms with Crippen LogP contribution in [0.5, 0.6) is 0 Å². The first-order valence-corrected chi connectivity index (χ1v) is 13.3. The quantitative estimate of drug-likeness (QED) is 0.590. The second-order valence-electron chi connectivity index (χ2n) is 8.32. The molecule has 178 valence electrons. The number of benzene rings is 2. The number of piperidine rings is 1. The zero-order valence-corrected chi connectivity index (χ0v) is 20.6. The molecule has 0 spiro atoms. The summed E-state index contributed by atoms with van der Waals surface area (Å²) in [5.74, 6) is -0.351. The Hall–Kier alpha value is -2.58. The van der Waals surface area contributed by atoms with Gasteiger partial charge >= 0.3 is 0 Å². The Labute approximate surface area is 200 Å². The molecule has 7 nitrogen and oxygen atoms in total. The molecule has 1 aliphatic rings. The number of hydrogen-bond acceptors (Lipinski definition) is 4. The van der Waals surface area contributed by atoms with Crippen LogP contribution in [0.1, 0.15) is 48.0 Å². The first-order valence-electron chi connectivity index (χ1n) is 11.1. The molecule has 1 saturated heterocycles. The van der Waals surface area contributed by atoms with E-state index >= 15 is 0 Å². The number of sulfonamides is 1.